The van der Waals surface area contributed by atoms with E-state index in [1.807, 2.05) is 19.1 Å². The Morgan fingerprint density at radius 2 is 2.00 bits per heavy atom. The summed E-state index contributed by atoms with van der Waals surface area (Å²) >= 11 is 3.39. The average molecular weight is 351 g/mol. The van der Waals surface area contributed by atoms with Crippen molar-refractivity contribution < 1.29 is 19.0 Å². The van der Waals surface area contributed by atoms with Gasteiger partial charge in [-0.05, 0) is 54.5 Å². The first kappa shape index (κ1) is 15.3. The number of carbonyl (C=O) groups is 1. The molecule has 0 atom stereocenters. The summed E-state index contributed by atoms with van der Waals surface area (Å²) in [4.78, 5) is 10.5. The normalized spacial score (nSPS) is 10.8. The van der Waals surface area contributed by atoms with Gasteiger partial charge in [-0.3, -0.25) is 0 Å². The number of aliphatic carboxylic acids is 1. The molecule has 0 bridgehead atoms. The molecule has 2 aromatic rings. The molecular weight excluding hydrogens is 339 g/mol. The van der Waals surface area contributed by atoms with Crippen LogP contribution in [-0.4, -0.2) is 11.1 Å². The molecule has 1 N–H and O–H groups in total. The lowest BCUT2D eigenvalue weighted by Crippen LogP contribution is -1.89. The van der Waals surface area contributed by atoms with Crippen LogP contribution in [0.4, 0.5) is 4.39 Å². The maximum Gasteiger partial charge on any atom is 0.328 e. The molecule has 0 fully saturated rings. The van der Waals surface area contributed by atoms with E-state index in [1.165, 1.54) is 18.2 Å². The lowest BCUT2D eigenvalue weighted by molar-refractivity contribution is -0.131. The van der Waals surface area contributed by atoms with E-state index >= 15 is 0 Å². The maximum absolute atomic E-state index is 13.5. The van der Waals surface area contributed by atoms with Crippen molar-refractivity contribution in [3.05, 3.63) is 63.9 Å². The topological polar surface area (TPSA) is 46.5 Å². The van der Waals surface area contributed by atoms with Crippen LogP contribution in [0.5, 0.6) is 11.5 Å². The largest absolute Gasteiger partial charge is 0.478 e. The van der Waals surface area contributed by atoms with Crippen LogP contribution in [-0.2, 0) is 4.79 Å². The standard InChI is InChI=1S/C16H12BrFO3/c1-10-6-13(3-4-15(10)17)21-14-8-11(2-5-16(19)20)7-12(18)9-14/h2-9H,1H3,(H,19,20)/b5-2+. The summed E-state index contributed by atoms with van der Waals surface area (Å²) in [5.41, 5.74) is 1.41. The molecule has 0 amide bonds. The van der Waals surface area contributed by atoms with Gasteiger partial charge in [-0.2, -0.15) is 0 Å². The van der Waals surface area contributed by atoms with Crippen molar-refractivity contribution in [2.75, 3.05) is 0 Å². The summed E-state index contributed by atoms with van der Waals surface area (Å²) in [5.74, 6) is -0.701. The zero-order valence-corrected chi connectivity index (χ0v) is 12.7. The summed E-state index contributed by atoms with van der Waals surface area (Å²) < 4.78 is 20.1. The van der Waals surface area contributed by atoms with Crippen LogP contribution in [0.1, 0.15) is 11.1 Å². The molecule has 0 heterocycles. The molecule has 0 saturated carbocycles. The first-order chi connectivity index (χ1) is 9.94. The second kappa shape index (κ2) is 6.54. The zero-order valence-electron chi connectivity index (χ0n) is 11.1. The van der Waals surface area contributed by atoms with E-state index in [0.717, 1.165) is 16.1 Å². The van der Waals surface area contributed by atoms with Gasteiger partial charge in [-0.1, -0.05) is 15.9 Å². The molecule has 0 radical (unpaired) electrons. The van der Waals surface area contributed by atoms with Gasteiger partial charge in [0.25, 0.3) is 0 Å². The van der Waals surface area contributed by atoms with Crippen molar-refractivity contribution in [1.82, 2.24) is 0 Å². The number of aryl methyl sites for hydroxylation is 1. The molecule has 0 spiro atoms. The lowest BCUT2D eigenvalue weighted by Gasteiger charge is -2.08. The van der Waals surface area contributed by atoms with E-state index in [2.05, 4.69) is 15.9 Å². The molecule has 2 rings (SSSR count). The van der Waals surface area contributed by atoms with Gasteiger partial charge < -0.3 is 9.84 Å². The molecule has 21 heavy (non-hydrogen) atoms. The molecule has 108 valence electrons. The van der Waals surface area contributed by atoms with E-state index in [0.29, 0.717) is 17.1 Å². The summed E-state index contributed by atoms with van der Waals surface area (Å²) in [7, 11) is 0. The van der Waals surface area contributed by atoms with Crippen molar-refractivity contribution in [2.45, 2.75) is 6.92 Å². The smallest absolute Gasteiger partial charge is 0.328 e. The first-order valence-corrected chi connectivity index (χ1v) is 6.89. The van der Waals surface area contributed by atoms with Gasteiger partial charge in [0.15, 0.2) is 0 Å². The number of hydrogen-bond donors (Lipinski definition) is 1. The van der Waals surface area contributed by atoms with Gasteiger partial charge in [-0.15, -0.1) is 0 Å². The van der Waals surface area contributed by atoms with Gasteiger partial charge in [0.05, 0.1) is 0 Å². The molecule has 5 heteroatoms. The Hall–Kier alpha value is -2.14. The number of rotatable bonds is 4. The second-order valence-corrected chi connectivity index (χ2v) is 5.26. The summed E-state index contributed by atoms with van der Waals surface area (Å²) in [6.07, 6.45) is 2.26. The highest BCUT2D eigenvalue weighted by atomic mass is 79.9. The van der Waals surface area contributed by atoms with Crippen molar-refractivity contribution in [3.63, 3.8) is 0 Å². The third-order valence-electron chi connectivity index (χ3n) is 2.68. The lowest BCUT2D eigenvalue weighted by atomic mass is 10.2. The Kier molecular flexibility index (Phi) is 4.75. The van der Waals surface area contributed by atoms with E-state index in [-0.39, 0.29) is 0 Å². The molecule has 0 aliphatic carbocycles. The zero-order chi connectivity index (χ0) is 15.4. The van der Waals surface area contributed by atoms with Crippen LogP contribution in [0.25, 0.3) is 6.08 Å². The molecule has 0 aromatic heterocycles. The Balaban J connectivity index is 2.27. The van der Waals surface area contributed by atoms with Crippen molar-refractivity contribution in [2.24, 2.45) is 0 Å². The highest BCUT2D eigenvalue weighted by Gasteiger charge is 2.04. The highest BCUT2D eigenvalue weighted by Crippen LogP contribution is 2.27. The minimum absolute atomic E-state index is 0.307. The number of benzene rings is 2. The van der Waals surface area contributed by atoms with E-state index < -0.39 is 11.8 Å². The predicted molar refractivity (Wildman–Crippen MR) is 82.0 cm³/mol. The van der Waals surface area contributed by atoms with Gasteiger partial charge in [0, 0.05) is 16.6 Å². The number of halogens is 2. The van der Waals surface area contributed by atoms with Gasteiger partial charge in [0.2, 0.25) is 0 Å². The fraction of sp³-hybridized carbons (Fsp3) is 0.0625. The molecule has 2 aromatic carbocycles. The number of carboxylic acid groups (broad SMARTS) is 1. The first-order valence-electron chi connectivity index (χ1n) is 6.09. The molecule has 0 aliphatic rings. The second-order valence-electron chi connectivity index (χ2n) is 4.40. The summed E-state index contributed by atoms with van der Waals surface area (Å²) in [6.45, 7) is 1.92. The van der Waals surface area contributed by atoms with Crippen molar-refractivity contribution >= 4 is 28.0 Å². The van der Waals surface area contributed by atoms with E-state index in [9.17, 15) is 9.18 Å². The van der Waals surface area contributed by atoms with Crippen LogP contribution in [0.15, 0.2) is 46.9 Å². The average Bonchev–Trinajstić information content (AvgIpc) is 2.40. The van der Waals surface area contributed by atoms with Crippen LogP contribution in [0, 0.1) is 12.7 Å². The Morgan fingerprint density at radius 1 is 1.24 bits per heavy atom. The molecule has 0 unspecified atom stereocenters. The fourth-order valence-corrected chi connectivity index (χ4v) is 1.97. The fourth-order valence-electron chi connectivity index (χ4n) is 1.72. The highest BCUT2D eigenvalue weighted by molar-refractivity contribution is 9.10. The molecule has 0 saturated heterocycles. The third kappa shape index (κ3) is 4.43. The minimum atomic E-state index is -1.09. The molecular formula is C16H12BrFO3. The Morgan fingerprint density at radius 3 is 2.67 bits per heavy atom. The minimum Gasteiger partial charge on any atom is -0.478 e. The van der Waals surface area contributed by atoms with Crippen molar-refractivity contribution in [1.29, 1.82) is 0 Å². The molecule has 0 aliphatic heterocycles. The van der Waals surface area contributed by atoms with Gasteiger partial charge >= 0.3 is 5.97 Å². The van der Waals surface area contributed by atoms with Gasteiger partial charge in [0.1, 0.15) is 17.3 Å². The van der Waals surface area contributed by atoms with Crippen LogP contribution in [0.2, 0.25) is 0 Å². The number of hydrogen-bond acceptors (Lipinski definition) is 2. The van der Waals surface area contributed by atoms with E-state index in [4.69, 9.17) is 9.84 Å². The summed E-state index contributed by atoms with van der Waals surface area (Å²) in [6, 6.07) is 9.47. The van der Waals surface area contributed by atoms with Crippen LogP contribution >= 0.6 is 15.9 Å². The third-order valence-corrected chi connectivity index (χ3v) is 3.57. The van der Waals surface area contributed by atoms with Crippen LogP contribution in [0.3, 0.4) is 0 Å². The summed E-state index contributed by atoms with van der Waals surface area (Å²) in [5, 5.41) is 8.59. The van der Waals surface area contributed by atoms with Gasteiger partial charge in [-0.25, -0.2) is 9.18 Å². The number of ether oxygens (including phenoxy) is 1. The monoisotopic (exact) mass is 350 g/mol. The van der Waals surface area contributed by atoms with E-state index in [1.54, 1.807) is 12.1 Å². The Labute approximate surface area is 129 Å². The molecule has 3 nitrogen and oxygen atoms in total. The SMILES string of the molecule is Cc1cc(Oc2cc(F)cc(/C=C/C(=O)O)c2)ccc1Br. The van der Waals surface area contributed by atoms with Crippen molar-refractivity contribution in [3.8, 4) is 11.5 Å². The maximum atomic E-state index is 13.5. The van der Waals surface area contributed by atoms with Crippen LogP contribution < -0.4 is 4.74 Å². The quantitative estimate of drug-likeness (QED) is 0.806. The Bertz CT molecular complexity index is 711. The number of carboxylic acids is 1. The predicted octanol–water partition coefficient (Wildman–Crippen LogP) is 4.79.